The summed E-state index contributed by atoms with van der Waals surface area (Å²) in [5.74, 6) is 0.151. The number of aryl methyl sites for hydroxylation is 1. The summed E-state index contributed by atoms with van der Waals surface area (Å²) < 4.78 is 0. The number of pyridine rings is 1. The number of carbonyl (C=O) groups is 2. The molecule has 1 saturated heterocycles. The number of nitrogens with zero attached hydrogens (tertiary/aromatic N) is 2. The summed E-state index contributed by atoms with van der Waals surface area (Å²) in [4.78, 5) is 30.0. The fourth-order valence-electron chi connectivity index (χ4n) is 2.61. The van der Waals surface area contributed by atoms with Gasteiger partial charge < -0.3 is 15.5 Å². The first-order valence-electron chi connectivity index (χ1n) is 7.26. The summed E-state index contributed by atoms with van der Waals surface area (Å²) in [6.45, 7) is 5.30. The minimum absolute atomic E-state index is 0.453. The molecule has 2 N–H and O–H groups in total. The number of rotatable bonds is 2. The van der Waals surface area contributed by atoms with E-state index in [0.29, 0.717) is 24.7 Å². The highest BCUT2D eigenvalue weighted by Gasteiger charge is 2.26. The van der Waals surface area contributed by atoms with Crippen LogP contribution >= 0.6 is 0 Å². The van der Waals surface area contributed by atoms with Crippen LogP contribution in [0.4, 0.5) is 11.5 Å². The van der Waals surface area contributed by atoms with Gasteiger partial charge in [0.1, 0.15) is 5.82 Å². The Labute approximate surface area is 124 Å². The van der Waals surface area contributed by atoms with Crippen LogP contribution < -0.4 is 10.6 Å². The highest BCUT2D eigenvalue weighted by molar-refractivity contribution is 6.39. The van der Waals surface area contributed by atoms with Crippen molar-refractivity contribution in [2.75, 3.05) is 30.8 Å². The third-order valence-electron chi connectivity index (χ3n) is 3.71. The molecule has 2 amide bonds. The maximum absolute atomic E-state index is 12.1. The fourth-order valence-corrected chi connectivity index (χ4v) is 2.61. The lowest BCUT2D eigenvalue weighted by Gasteiger charge is -2.30. The van der Waals surface area contributed by atoms with Gasteiger partial charge in [-0.2, -0.15) is 0 Å². The van der Waals surface area contributed by atoms with Crippen molar-refractivity contribution in [1.82, 2.24) is 9.88 Å². The second-order valence-corrected chi connectivity index (χ2v) is 5.59. The van der Waals surface area contributed by atoms with Crippen LogP contribution in [0.1, 0.15) is 25.3 Å². The Morgan fingerprint density at radius 3 is 2.81 bits per heavy atom. The van der Waals surface area contributed by atoms with Crippen LogP contribution in [-0.2, 0) is 9.59 Å². The van der Waals surface area contributed by atoms with E-state index in [0.717, 1.165) is 24.2 Å². The number of hydrogen-bond acceptors (Lipinski definition) is 4. The van der Waals surface area contributed by atoms with Crippen LogP contribution in [-0.4, -0.2) is 41.8 Å². The maximum atomic E-state index is 12.1. The molecule has 0 bridgehead atoms. The van der Waals surface area contributed by atoms with Crippen LogP contribution in [0.15, 0.2) is 12.3 Å². The molecule has 1 unspecified atom stereocenters. The van der Waals surface area contributed by atoms with E-state index >= 15 is 0 Å². The number of amides is 2. The number of anilines is 2. The molecular weight excluding hydrogens is 268 g/mol. The summed E-state index contributed by atoms with van der Waals surface area (Å²) in [6, 6.07) is 1.79. The zero-order valence-corrected chi connectivity index (χ0v) is 12.8. The molecule has 1 aromatic rings. The summed E-state index contributed by atoms with van der Waals surface area (Å²) in [7, 11) is 1.79. The first kappa shape index (κ1) is 15.3. The Bertz CT molecular complexity index is 544. The van der Waals surface area contributed by atoms with E-state index in [-0.39, 0.29) is 0 Å². The van der Waals surface area contributed by atoms with Gasteiger partial charge in [-0.25, -0.2) is 4.98 Å². The molecule has 1 aromatic heterocycles. The first-order valence-corrected chi connectivity index (χ1v) is 7.26. The number of aromatic nitrogens is 1. The molecular formula is C15H22N4O2. The van der Waals surface area contributed by atoms with E-state index in [1.807, 2.05) is 6.92 Å². The number of piperidine rings is 1. The number of hydrogen-bond donors (Lipinski definition) is 2. The van der Waals surface area contributed by atoms with Gasteiger partial charge in [0.2, 0.25) is 0 Å². The predicted octanol–water partition coefficient (Wildman–Crippen LogP) is 1.63. The minimum Gasteiger partial charge on any atom is -0.373 e. The molecule has 0 saturated carbocycles. The van der Waals surface area contributed by atoms with Crippen molar-refractivity contribution >= 4 is 23.3 Å². The largest absolute Gasteiger partial charge is 0.373 e. The Morgan fingerprint density at radius 1 is 1.43 bits per heavy atom. The van der Waals surface area contributed by atoms with Crippen LogP contribution in [0.5, 0.6) is 0 Å². The molecule has 21 heavy (non-hydrogen) atoms. The zero-order valence-electron chi connectivity index (χ0n) is 12.8. The molecule has 0 aromatic carbocycles. The van der Waals surface area contributed by atoms with Gasteiger partial charge in [0, 0.05) is 20.1 Å². The van der Waals surface area contributed by atoms with E-state index in [1.54, 1.807) is 24.2 Å². The summed E-state index contributed by atoms with van der Waals surface area (Å²) in [6.07, 6.45) is 3.61. The van der Waals surface area contributed by atoms with Gasteiger partial charge in [0.25, 0.3) is 0 Å². The minimum atomic E-state index is -0.595. The van der Waals surface area contributed by atoms with E-state index in [1.165, 1.54) is 0 Å². The van der Waals surface area contributed by atoms with E-state index in [4.69, 9.17) is 0 Å². The van der Waals surface area contributed by atoms with Gasteiger partial charge >= 0.3 is 11.8 Å². The lowest BCUT2D eigenvalue weighted by molar-refractivity contribution is -0.144. The van der Waals surface area contributed by atoms with Gasteiger partial charge in [0.05, 0.1) is 11.9 Å². The van der Waals surface area contributed by atoms with E-state index in [2.05, 4.69) is 22.5 Å². The van der Waals surface area contributed by atoms with Crippen molar-refractivity contribution in [2.45, 2.75) is 26.7 Å². The Morgan fingerprint density at radius 2 is 2.19 bits per heavy atom. The van der Waals surface area contributed by atoms with Crippen LogP contribution in [0.25, 0.3) is 0 Å². The average molecular weight is 290 g/mol. The molecule has 6 heteroatoms. The van der Waals surface area contributed by atoms with Gasteiger partial charge in [-0.15, -0.1) is 0 Å². The SMILES string of the molecule is CNc1ncc(NC(=O)C(=O)N2CCCC(C)C2)cc1C. The summed E-state index contributed by atoms with van der Waals surface area (Å²) >= 11 is 0. The van der Waals surface area contributed by atoms with Crippen molar-refractivity contribution in [1.29, 1.82) is 0 Å². The highest BCUT2D eigenvalue weighted by Crippen LogP contribution is 2.17. The second kappa shape index (κ2) is 6.56. The lowest BCUT2D eigenvalue weighted by Crippen LogP contribution is -2.44. The molecule has 0 spiro atoms. The molecule has 114 valence electrons. The molecule has 1 fully saturated rings. The van der Waals surface area contributed by atoms with Gasteiger partial charge in [0.15, 0.2) is 0 Å². The third kappa shape index (κ3) is 3.71. The molecule has 2 rings (SSSR count). The first-order chi connectivity index (χ1) is 10.0. The van der Waals surface area contributed by atoms with Gasteiger partial charge in [-0.1, -0.05) is 6.92 Å². The number of likely N-dealkylation sites (tertiary alicyclic amines) is 1. The normalized spacial score (nSPS) is 18.2. The van der Waals surface area contributed by atoms with Crippen LogP contribution in [0, 0.1) is 12.8 Å². The quantitative estimate of drug-likeness (QED) is 0.812. The van der Waals surface area contributed by atoms with Crippen molar-refractivity contribution in [3.8, 4) is 0 Å². The summed E-state index contributed by atoms with van der Waals surface area (Å²) in [5.41, 5.74) is 1.45. The fraction of sp³-hybridized carbons (Fsp3) is 0.533. The zero-order chi connectivity index (χ0) is 15.4. The van der Waals surface area contributed by atoms with Crippen LogP contribution in [0.2, 0.25) is 0 Å². The predicted molar refractivity (Wildman–Crippen MR) is 82.1 cm³/mol. The van der Waals surface area contributed by atoms with Gasteiger partial charge in [-0.3, -0.25) is 9.59 Å². The van der Waals surface area contributed by atoms with E-state index in [9.17, 15) is 9.59 Å². The topological polar surface area (TPSA) is 74.3 Å². The van der Waals surface area contributed by atoms with Crippen molar-refractivity contribution < 1.29 is 9.59 Å². The number of carbonyl (C=O) groups excluding carboxylic acids is 2. The molecule has 1 aliphatic heterocycles. The Balaban J connectivity index is 2.00. The van der Waals surface area contributed by atoms with Gasteiger partial charge in [-0.05, 0) is 37.3 Å². The van der Waals surface area contributed by atoms with Crippen molar-refractivity contribution in [2.24, 2.45) is 5.92 Å². The third-order valence-corrected chi connectivity index (χ3v) is 3.71. The van der Waals surface area contributed by atoms with Crippen LogP contribution in [0.3, 0.4) is 0 Å². The smallest absolute Gasteiger partial charge is 0.313 e. The Hall–Kier alpha value is -2.11. The maximum Gasteiger partial charge on any atom is 0.313 e. The molecule has 0 radical (unpaired) electrons. The number of nitrogens with one attached hydrogen (secondary N) is 2. The molecule has 2 heterocycles. The standard InChI is InChI=1S/C15H22N4O2/c1-10-5-4-6-19(9-10)15(21)14(20)18-12-7-11(2)13(16-3)17-8-12/h7-8,10H,4-6,9H2,1-3H3,(H,16,17)(H,18,20). The monoisotopic (exact) mass is 290 g/mol. The lowest BCUT2D eigenvalue weighted by atomic mass is 10.0. The highest BCUT2D eigenvalue weighted by atomic mass is 16.2. The van der Waals surface area contributed by atoms with Crippen molar-refractivity contribution in [3.63, 3.8) is 0 Å². The molecule has 1 atom stereocenters. The molecule has 6 nitrogen and oxygen atoms in total. The Kier molecular flexibility index (Phi) is 4.77. The van der Waals surface area contributed by atoms with E-state index < -0.39 is 11.8 Å². The average Bonchev–Trinajstić information content (AvgIpc) is 2.46. The molecule has 0 aliphatic carbocycles. The second-order valence-electron chi connectivity index (χ2n) is 5.59. The summed E-state index contributed by atoms with van der Waals surface area (Å²) in [5, 5.41) is 5.58. The van der Waals surface area contributed by atoms with Crippen molar-refractivity contribution in [3.05, 3.63) is 17.8 Å². The molecule has 1 aliphatic rings.